The summed E-state index contributed by atoms with van der Waals surface area (Å²) in [4.78, 5) is 24.6. The molecule has 90 valence electrons. The third kappa shape index (κ3) is 3.68. The quantitative estimate of drug-likeness (QED) is 0.570. The molecule has 2 amide bonds. The van der Waals surface area contributed by atoms with E-state index >= 15 is 0 Å². The summed E-state index contributed by atoms with van der Waals surface area (Å²) in [5.74, 6) is 0.288. The molecule has 4 nitrogen and oxygen atoms in total. The molecule has 0 aromatic heterocycles. The molecule has 0 radical (unpaired) electrons. The third-order valence-electron chi connectivity index (χ3n) is 2.96. The van der Waals surface area contributed by atoms with E-state index in [1.54, 1.807) is 17.9 Å². The Morgan fingerprint density at radius 2 is 2.06 bits per heavy atom. The molecule has 1 fully saturated rings. The molecular weight excluding hydrogens is 204 g/mol. The SMILES string of the molecule is C=CCCNC(=O)C1CCN(C(C)=O)CC1. The highest BCUT2D eigenvalue weighted by atomic mass is 16.2. The number of amides is 2. The van der Waals surface area contributed by atoms with Gasteiger partial charge in [-0.15, -0.1) is 6.58 Å². The van der Waals surface area contributed by atoms with Crippen LogP contribution in [0.2, 0.25) is 0 Å². The maximum Gasteiger partial charge on any atom is 0.223 e. The summed E-state index contributed by atoms with van der Waals surface area (Å²) in [5.41, 5.74) is 0. The molecule has 1 aliphatic rings. The largest absolute Gasteiger partial charge is 0.356 e. The molecule has 1 rings (SSSR count). The highest BCUT2D eigenvalue weighted by Crippen LogP contribution is 2.17. The summed E-state index contributed by atoms with van der Waals surface area (Å²) in [7, 11) is 0. The maximum atomic E-state index is 11.7. The number of hydrogen-bond donors (Lipinski definition) is 1. The first-order chi connectivity index (χ1) is 7.65. The van der Waals surface area contributed by atoms with Crippen molar-refractivity contribution in [2.24, 2.45) is 5.92 Å². The average Bonchev–Trinajstić information content (AvgIpc) is 2.29. The Labute approximate surface area is 96.7 Å². The monoisotopic (exact) mass is 224 g/mol. The lowest BCUT2D eigenvalue weighted by Gasteiger charge is -2.30. The third-order valence-corrected chi connectivity index (χ3v) is 2.96. The van der Waals surface area contributed by atoms with Crippen LogP contribution in [0.25, 0.3) is 0 Å². The Morgan fingerprint density at radius 1 is 1.44 bits per heavy atom. The van der Waals surface area contributed by atoms with Gasteiger partial charge in [-0.25, -0.2) is 0 Å². The molecular formula is C12H20N2O2. The maximum absolute atomic E-state index is 11.7. The van der Waals surface area contributed by atoms with Crippen LogP contribution in [0, 0.1) is 5.92 Å². The fraction of sp³-hybridized carbons (Fsp3) is 0.667. The van der Waals surface area contributed by atoms with Gasteiger partial charge in [-0.2, -0.15) is 0 Å². The van der Waals surface area contributed by atoms with Crippen molar-refractivity contribution >= 4 is 11.8 Å². The Bertz CT molecular complexity index is 268. The zero-order chi connectivity index (χ0) is 12.0. The van der Waals surface area contributed by atoms with Gasteiger partial charge in [0.15, 0.2) is 0 Å². The van der Waals surface area contributed by atoms with Crippen molar-refractivity contribution in [3.8, 4) is 0 Å². The Hall–Kier alpha value is -1.32. The second-order valence-corrected chi connectivity index (χ2v) is 4.15. The second kappa shape index (κ2) is 6.30. The number of carbonyl (C=O) groups excluding carboxylic acids is 2. The topological polar surface area (TPSA) is 49.4 Å². The van der Waals surface area contributed by atoms with Crippen molar-refractivity contribution in [2.75, 3.05) is 19.6 Å². The molecule has 0 bridgehead atoms. The van der Waals surface area contributed by atoms with Gasteiger partial charge >= 0.3 is 0 Å². The Balaban J connectivity index is 2.27. The first-order valence-corrected chi connectivity index (χ1v) is 5.79. The summed E-state index contributed by atoms with van der Waals surface area (Å²) in [6.07, 6.45) is 4.15. The van der Waals surface area contributed by atoms with Crippen LogP contribution in [-0.2, 0) is 9.59 Å². The van der Waals surface area contributed by atoms with Gasteiger partial charge in [-0.3, -0.25) is 9.59 Å². The van der Waals surface area contributed by atoms with Gasteiger partial charge < -0.3 is 10.2 Å². The van der Waals surface area contributed by atoms with E-state index in [9.17, 15) is 9.59 Å². The molecule has 1 N–H and O–H groups in total. The predicted molar refractivity (Wildman–Crippen MR) is 62.8 cm³/mol. The number of carbonyl (C=O) groups is 2. The summed E-state index contributed by atoms with van der Waals surface area (Å²) in [6, 6.07) is 0. The van der Waals surface area contributed by atoms with E-state index in [1.807, 2.05) is 0 Å². The van der Waals surface area contributed by atoms with Gasteiger partial charge in [0.1, 0.15) is 0 Å². The van der Waals surface area contributed by atoms with Gasteiger partial charge in [0, 0.05) is 32.5 Å². The number of rotatable bonds is 4. The molecule has 0 aromatic rings. The van der Waals surface area contributed by atoms with Gasteiger partial charge in [-0.1, -0.05) is 6.08 Å². The van der Waals surface area contributed by atoms with Crippen LogP contribution in [0.1, 0.15) is 26.2 Å². The number of nitrogens with zero attached hydrogens (tertiary/aromatic N) is 1. The smallest absolute Gasteiger partial charge is 0.223 e. The predicted octanol–water partition coefficient (Wildman–Crippen LogP) is 0.937. The van der Waals surface area contributed by atoms with E-state index in [-0.39, 0.29) is 17.7 Å². The average molecular weight is 224 g/mol. The first kappa shape index (κ1) is 12.7. The molecule has 0 saturated carbocycles. The summed E-state index contributed by atoms with van der Waals surface area (Å²) >= 11 is 0. The van der Waals surface area contributed by atoms with E-state index < -0.39 is 0 Å². The minimum atomic E-state index is 0.0698. The van der Waals surface area contributed by atoms with Crippen LogP contribution in [0.4, 0.5) is 0 Å². The summed E-state index contributed by atoms with van der Waals surface area (Å²) in [5, 5.41) is 2.88. The zero-order valence-electron chi connectivity index (χ0n) is 9.87. The van der Waals surface area contributed by atoms with Crippen molar-refractivity contribution in [1.82, 2.24) is 10.2 Å². The molecule has 4 heteroatoms. The standard InChI is InChI=1S/C12H20N2O2/c1-3-4-7-13-12(16)11-5-8-14(9-6-11)10(2)15/h3,11H,1,4-9H2,2H3,(H,13,16). The molecule has 1 aliphatic heterocycles. The first-order valence-electron chi connectivity index (χ1n) is 5.79. The van der Waals surface area contributed by atoms with E-state index in [1.165, 1.54) is 0 Å². The highest BCUT2D eigenvalue weighted by molar-refractivity contribution is 5.79. The number of nitrogens with one attached hydrogen (secondary N) is 1. The van der Waals surface area contributed by atoms with Crippen molar-refractivity contribution in [3.63, 3.8) is 0 Å². The van der Waals surface area contributed by atoms with Crippen LogP contribution in [0.15, 0.2) is 12.7 Å². The van der Waals surface area contributed by atoms with Gasteiger partial charge in [0.25, 0.3) is 0 Å². The van der Waals surface area contributed by atoms with Crippen molar-refractivity contribution in [2.45, 2.75) is 26.2 Å². The van der Waals surface area contributed by atoms with Gasteiger partial charge in [0.05, 0.1) is 0 Å². The van der Waals surface area contributed by atoms with Crippen LogP contribution < -0.4 is 5.32 Å². The molecule has 16 heavy (non-hydrogen) atoms. The number of piperidine rings is 1. The van der Waals surface area contributed by atoms with Crippen LogP contribution in [-0.4, -0.2) is 36.3 Å². The van der Waals surface area contributed by atoms with E-state index in [0.717, 1.165) is 19.3 Å². The zero-order valence-corrected chi connectivity index (χ0v) is 9.87. The van der Waals surface area contributed by atoms with E-state index in [0.29, 0.717) is 19.6 Å². The highest BCUT2D eigenvalue weighted by Gasteiger charge is 2.25. The number of likely N-dealkylation sites (tertiary alicyclic amines) is 1. The van der Waals surface area contributed by atoms with Crippen LogP contribution >= 0.6 is 0 Å². The minimum Gasteiger partial charge on any atom is -0.356 e. The van der Waals surface area contributed by atoms with Crippen molar-refractivity contribution in [1.29, 1.82) is 0 Å². The second-order valence-electron chi connectivity index (χ2n) is 4.15. The fourth-order valence-electron chi connectivity index (χ4n) is 1.90. The lowest BCUT2D eigenvalue weighted by Crippen LogP contribution is -2.42. The minimum absolute atomic E-state index is 0.0698. The molecule has 0 aliphatic carbocycles. The lowest BCUT2D eigenvalue weighted by atomic mass is 9.96. The van der Waals surface area contributed by atoms with Crippen molar-refractivity contribution < 1.29 is 9.59 Å². The molecule has 0 atom stereocenters. The van der Waals surface area contributed by atoms with Crippen molar-refractivity contribution in [3.05, 3.63) is 12.7 Å². The summed E-state index contributed by atoms with van der Waals surface area (Å²) < 4.78 is 0. The van der Waals surface area contributed by atoms with Gasteiger partial charge in [-0.05, 0) is 19.3 Å². The Kier molecular flexibility index (Phi) is 5.02. The van der Waals surface area contributed by atoms with Gasteiger partial charge in [0.2, 0.25) is 11.8 Å². The molecule has 1 saturated heterocycles. The fourth-order valence-corrected chi connectivity index (χ4v) is 1.90. The Morgan fingerprint density at radius 3 is 2.56 bits per heavy atom. The molecule has 0 unspecified atom stereocenters. The van der Waals surface area contributed by atoms with E-state index in [4.69, 9.17) is 0 Å². The molecule has 1 heterocycles. The normalized spacial score (nSPS) is 16.9. The number of hydrogen-bond acceptors (Lipinski definition) is 2. The van der Waals surface area contributed by atoms with E-state index in [2.05, 4.69) is 11.9 Å². The molecule has 0 spiro atoms. The lowest BCUT2D eigenvalue weighted by molar-refractivity contribution is -0.133. The summed E-state index contributed by atoms with van der Waals surface area (Å²) in [6.45, 7) is 7.25. The van der Waals surface area contributed by atoms with Crippen LogP contribution in [0.3, 0.4) is 0 Å². The molecule has 0 aromatic carbocycles. The van der Waals surface area contributed by atoms with Crippen LogP contribution in [0.5, 0.6) is 0 Å².